The fraction of sp³-hybridized carbons (Fsp3) is 0.444. The third kappa shape index (κ3) is 14.1. The molecule has 0 aliphatic carbocycles. The third-order valence-corrected chi connectivity index (χ3v) is 2.35. The minimum atomic E-state index is -3.47. The Balaban J connectivity index is 4.60. The molecule has 0 radical (unpaired) electrons. The number of ether oxygens (including phenoxy) is 3. The average molecular weight is 406 g/mol. The molecule has 0 bridgehead atoms. The van der Waals surface area contributed by atoms with Gasteiger partial charge in [-0.05, 0) is 6.92 Å². The highest BCUT2D eigenvalue weighted by Crippen LogP contribution is 2.12. The van der Waals surface area contributed by atoms with Crippen LogP contribution < -0.4 is 11.0 Å². The number of hydrogen-bond donors (Lipinski definition) is 4. The first-order valence-electron chi connectivity index (χ1n) is 6.15. The number of amides is 2. The van der Waals surface area contributed by atoms with Crippen molar-refractivity contribution in [3.8, 4) is 0 Å². The second-order valence-electron chi connectivity index (χ2n) is 3.95. The quantitative estimate of drug-likeness (QED) is 0.124. The minimum absolute atomic E-state index is 0.0514. The Morgan fingerprint density at radius 2 is 1.60 bits per heavy atom. The lowest BCUT2D eigenvalue weighted by atomic mass is 10.2. The normalized spacial score (nSPS) is 13.7. The number of hydrogen-bond acceptors (Lipinski definition) is 10. The van der Waals surface area contributed by atoms with Gasteiger partial charge in [-0.1, -0.05) is 6.58 Å². The maximum absolute atomic E-state index is 11.5. The van der Waals surface area contributed by atoms with Gasteiger partial charge in [-0.25, -0.2) is 9.59 Å². The maximum Gasteiger partial charge on any atom is 0.432 e. The predicted octanol–water partition coefficient (Wildman–Crippen LogP) is -0.0985. The summed E-state index contributed by atoms with van der Waals surface area (Å²) in [5, 5.41) is 0. The van der Waals surface area contributed by atoms with E-state index in [0.29, 0.717) is 0 Å². The highest BCUT2D eigenvalue weighted by Gasteiger charge is 2.22. The summed E-state index contributed by atoms with van der Waals surface area (Å²) in [5.41, 5.74) is 2.91. The number of allylic oxidation sites excluding steroid dienone is 1. The van der Waals surface area contributed by atoms with Crippen LogP contribution >= 0.6 is 16.5 Å². The molecule has 0 aromatic carbocycles. The van der Waals surface area contributed by atoms with Crippen LogP contribution in [0.5, 0.6) is 0 Å². The first kappa shape index (κ1) is 23.1. The Morgan fingerprint density at radius 1 is 1.08 bits per heavy atom. The Morgan fingerprint density at radius 3 is 2.08 bits per heavy atom. The van der Waals surface area contributed by atoms with Gasteiger partial charge in [0.1, 0.15) is 12.7 Å². The molecule has 3 atom stereocenters. The van der Waals surface area contributed by atoms with E-state index in [9.17, 15) is 23.5 Å². The van der Waals surface area contributed by atoms with Crippen molar-refractivity contribution in [2.45, 2.75) is 19.4 Å². The Bertz CT molecular complexity index is 553. The summed E-state index contributed by atoms with van der Waals surface area (Å²) >= 11 is 0. The Hall–Kier alpha value is -1.95. The highest BCUT2D eigenvalue weighted by atomic mass is 31.1. The molecule has 0 aromatic heterocycles. The number of nitrogens with one attached hydrogen (secondary N) is 2. The molecule has 0 aliphatic heterocycles. The molecule has 0 saturated heterocycles. The molecule has 2 amide bonds. The molecule has 16 heteroatoms. The van der Waals surface area contributed by atoms with E-state index in [1.54, 1.807) is 0 Å². The number of rotatable bonds is 10. The van der Waals surface area contributed by atoms with Crippen molar-refractivity contribution in [1.82, 2.24) is 11.0 Å². The van der Waals surface area contributed by atoms with Crippen LogP contribution in [0.2, 0.25) is 0 Å². The van der Waals surface area contributed by atoms with Crippen molar-refractivity contribution >= 4 is 34.7 Å². The third-order valence-electron chi connectivity index (χ3n) is 1.80. The number of carbonyl (C=O) groups excluding carboxylic acids is 3. The predicted molar refractivity (Wildman–Crippen MR) is 78.0 cm³/mol. The fourth-order valence-electron chi connectivity index (χ4n) is 1.10. The molecule has 4 N–H and O–H groups in total. The van der Waals surface area contributed by atoms with Crippen LogP contribution in [-0.2, 0) is 37.4 Å². The van der Waals surface area contributed by atoms with E-state index in [0.717, 1.165) is 0 Å². The van der Waals surface area contributed by atoms with Crippen LogP contribution in [0, 0.1) is 0 Å². The lowest BCUT2D eigenvalue weighted by Gasteiger charge is -2.17. The van der Waals surface area contributed by atoms with Crippen molar-refractivity contribution in [2.24, 2.45) is 0 Å². The summed E-state index contributed by atoms with van der Waals surface area (Å²) in [5.74, 6) is -0.835. The monoisotopic (exact) mass is 406 g/mol. The van der Waals surface area contributed by atoms with E-state index in [1.165, 1.54) is 17.9 Å². The number of hydroxylamine groups is 2. The molecule has 25 heavy (non-hydrogen) atoms. The summed E-state index contributed by atoms with van der Waals surface area (Å²) < 4.78 is 42.1. The van der Waals surface area contributed by atoms with Crippen LogP contribution in [0.4, 0.5) is 9.59 Å². The Kier molecular flexibility index (Phi) is 11.4. The van der Waals surface area contributed by atoms with Crippen molar-refractivity contribution < 1.29 is 56.8 Å². The maximum atomic E-state index is 11.5. The molecule has 0 spiro atoms. The molecule has 0 aliphatic rings. The van der Waals surface area contributed by atoms with Gasteiger partial charge in [-0.15, -0.1) is 0 Å². The van der Waals surface area contributed by atoms with E-state index in [2.05, 4.69) is 30.0 Å². The van der Waals surface area contributed by atoms with Crippen molar-refractivity contribution in [1.29, 1.82) is 0 Å². The van der Waals surface area contributed by atoms with Gasteiger partial charge in [0.05, 0.1) is 12.2 Å². The largest absolute Gasteiger partial charge is 0.444 e. The standard InChI is InChI=1S/C9H16N2O12P2/c1-5(2)20-7(12)3-6(21-9(14)11-23-25(17)18)4-19-8(13)10-22-24(15)16/h6,24-25H,1,3-4H2,2H3,(H,10,13)(H,11,14)(H,15,16)(H,17,18). The van der Waals surface area contributed by atoms with E-state index in [4.69, 9.17) is 9.79 Å². The minimum Gasteiger partial charge on any atom is -0.444 e. The van der Waals surface area contributed by atoms with Gasteiger partial charge in [0, 0.05) is 0 Å². The molecular weight excluding hydrogens is 390 g/mol. The molecule has 144 valence electrons. The van der Waals surface area contributed by atoms with Gasteiger partial charge in [-0.3, -0.25) is 13.9 Å². The summed E-state index contributed by atoms with van der Waals surface area (Å²) in [7, 11) is -6.91. The van der Waals surface area contributed by atoms with Crippen LogP contribution in [0.1, 0.15) is 13.3 Å². The zero-order valence-electron chi connectivity index (χ0n) is 12.7. The van der Waals surface area contributed by atoms with E-state index in [1.807, 2.05) is 0 Å². The first-order valence-corrected chi connectivity index (χ1v) is 8.68. The van der Waals surface area contributed by atoms with Gasteiger partial charge in [0.15, 0.2) is 0 Å². The number of esters is 1. The van der Waals surface area contributed by atoms with Crippen LogP contribution in [-0.4, -0.2) is 40.7 Å². The van der Waals surface area contributed by atoms with Gasteiger partial charge >= 0.3 is 34.7 Å². The molecule has 0 fully saturated rings. The van der Waals surface area contributed by atoms with Gasteiger partial charge in [0.25, 0.3) is 0 Å². The second-order valence-corrected chi connectivity index (χ2v) is 5.42. The van der Waals surface area contributed by atoms with E-state index < -0.39 is 53.8 Å². The average Bonchev–Trinajstić information content (AvgIpc) is 2.47. The van der Waals surface area contributed by atoms with Gasteiger partial charge in [0.2, 0.25) is 0 Å². The van der Waals surface area contributed by atoms with E-state index in [-0.39, 0.29) is 5.76 Å². The van der Waals surface area contributed by atoms with Crippen molar-refractivity contribution in [3.05, 3.63) is 12.3 Å². The first-order chi connectivity index (χ1) is 11.6. The Labute approximate surface area is 141 Å². The summed E-state index contributed by atoms with van der Waals surface area (Å²) in [6.45, 7) is 4.00. The SMILES string of the molecule is C=C(C)OC(=O)CC(COC(=O)NO[PH](=O)O)OC(=O)NO[PH](=O)O. The second kappa shape index (κ2) is 12.4. The molecule has 0 saturated carbocycles. The summed E-state index contributed by atoms with van der Waals surface area (Å²) in [4.78, 5) is 50.7. The molecule has 0 heterocycles. The van der Waals surface area contributed by atoms with Crippen molar-refractivity contribution in [2.75, 3.05) is 6.61 Å². The summed E-state index contributed by atoms with van der Waals surface area (Å²) in [6.07, 6.45) is -4.65. The lowest BCUT2D eigenvalue weighted by Crippen LogP contribution is -2.34. The molecular formula is C9H16N2O12P2. The highest BCUT2D eigenvalue weighted by molar-refractivity contribution is 7.32. The topological polar surface area (TPSA) is 196 Å². The smallest absolute Gasteiger partial charge is 0.432 e. The molecule has 3 unspecified atom stereocenters. The number of carbonyl (C=O) groups is 3. The lowest BCUT2D eigenvalue weighted by molar-refractivity contribution is -0.142. The zero-order valence-corrected chi connectivity index (χ0v) is 14.7. The van der Waals surface area contributed by atoms with Crippen molar-refractivity contribution in [3.63, 3.8) is 0 Å². The van der Waals surface area contributed by atoms with Crippen LogP contribution in [0.15, 0.2) is 12.3 Å². The van der Waals surface area contributed by atoms with Crippen LogP contribution in [0.3, 0.4) is 0 Å². The molecule has 0 aromatic rings. The molecule has 0 rings (SSSR count). The fourth-order valence-corrected chi connectivity index (χ4v) is 1.44. The van der Waals surface area contributed by atoms with Gasteiger partial charge in [-0.2, -0.15) is 20.2 Å². The van der Waals surface area contributed by atoms with Crippen LogP contribution in [0.25, 0.3) is 0 Å². The van der Waals surface area contributed by atoms with Gasteiger partial charge < -0.3 is 24.0 Å². The van der Waals surface area contributed by atoms with E-state index >= 15 is 0 Å². The summed E-state index contributed by atoms with van der Waals surface area (Å²) in [6, 6.07) is 0. The molecule has 14 nitrogen and oxygen atoms in total. The zero-order chi connectivity index (χ0) is 19.4.